The first-order valence-corrected chi connectivity index (χ1v) is 6.10. The van der Waals surface area contributed by atoms with Gasteiger partial charge in [0.05, 0.1) is 6.20 Å². The van der Waals surface area contributed by atoms with Gasteiger partial charge in [0.1, 0.15) is 5.52 Å². The van der Waals surface area contributed by atoms with Gasteiger partial charge in [-0.2, -0.15) is 5.10 Å². The van der Waals surface area contributed by atoms with Crippen molar-refractivity contribution in [1.29, 1.82) is 0 Å². The third-order valence-electron chi connectivity index (χ3n) is 2.73. The molecule has 2 N–H and O–H groups in total. The molecule has 5 heteroatoms. The Morgan fingerprint density at radius 3 is 3.00 bits per heavy atom. The Morgan fingerprint density at radius 1 is 1.35 bits per heavy atom. The fourth-order valence-electron chi connectivity index (χ4n) is 1.96. The van der Waals surface area contributed by atoms with Crippen LogP contribution in [0.25, 0.3) is 5.52 Å². The number of hydrogen-bond acceptors (Lipinski definition) is 4. The Morgan fingerprint density at radius 2 is 2.24 bits per heavy atom. The number of nitrogens with two attached hydrogens (primary N) is 1. The normalized spacial score (nSPS) is 10.9. The first-order chi connectivity index (χ1) is 8.36. The molecule has 0 radical (unpaired) electrons. The molecule has 2 aromatic rings. The van der Waals surface area contributed by atoms with E-state index in [1.165, 1.54) is 0 Å². The van der Waals surface area contributed by atoms with Crippen molar-refractivity contribution in [3.8, 4) is 0 Å². The van der Waals surface area contributed by atoms with Gasteiger partial charge in [0.25, 0.3) is 0 Å². The van der Waals surface area contributed by atoms with Crippen LogP contribution >= 0.6 is 0 Å². The maximum atomic E-state index is 5.58. The van der Waals surface area contributed by atoms with Crippen LogP contribution in [0, 0.1) is 0 Å². The van der Waals surface area contributed by atoms with Gasteiger partial charge in [-0.05, 0) is 25.5 Å². The molecule has 0 spiro atoms. The van der Waals surface area contributed by atoms with Gasteiger partial charge in [-0.1, -0.05) is 6.92 Å². The summed E-state index contributed by atoms with van der Waals surface area (Å²) < 4.78 is 1.85. The van der Waals surface area contributed by atoms with Gasteiger partial charge in [-0.15, -0.1) is 0 Å². The second-order valence-corrected chi connectivity index (χ2v) is 4.04. The van der Waals surface area contributed by atoms with Crippen LogP contribution in [-0.4, -0.2) is 34.2 Å². The predicted molar refractivity (Wildman–Crippen MR) is 69.2 cm³/mol. The highest BCUT2D eigenvalue weighted by atomic mass is 15.3. The highest BCUT2D eigenvalue weighted by Gasteiger charge is 2.10. The van der Waals surface area contributed by atoms with Crippen LogP contribution in [0.2, 0.25) is 0 Å². The third-order valence-corrected chi connectivity index (χ3v) is 2.73. The first-order valence-electron chi connectivity index (χ1n) is 6.10. The minimum Gasteiger partial charge on any atom is -0.355 e. The van der Waals surface area contributed by atoms with E-state index < -0.39 is 0 Å². The van der Waals surface area contributed by atoms with E-state index in [1.54, 1.807) is 12.4 Å². The molecular weight excluding hydrogens is 214 g/mol. The average Bonchev–Trinajstić information content (AvgIpc) is 2.82. The van der Waals surface area contributed by atoms with Crippen molar-refractivity contribution in [3.63, 3.8) is 0 Å². The molecule has 92 valence electrons. The molecule has 0 aliphatic carbocycles. The van der Waals surface area contributed by atoms with Crippen molar-refractivity contribution in [1.82, 2.24) is 14.6 Å². The van der Waals surface area contributed by atoms with Crippen LogP contribution < -0.4 is 10.6 Å². The van der Waals surface area contributed by atoms with Crippen molar-refractivity contribution in [2.45, 2.75) is 19.8 Å². The molecule has 2 rings (SSSR count). The molecule has 0 saturated carbocycles. The van der Waals surface area contributed by atoms with Crippen LogP contribution in [0.15, 0.2) is 24.7 Å². The lowest BCUT2D eigenvalue weighted by molar-refractivity contribution is 0.711. The van der Waals surface area contributed by atoms with E-state index >= 15 is 0 Å². The fourth-order valence-corrected chi connectivity index (χ4v) is 1.96. The predicted octanol–water partition coefficient (Wildman–Crippen LogP) is 1.29. The molecule has 5 nitrogen and oxygen atoms in total. The second kappa shape index (κ2) is 5.63. The van der Waals surface area contributed by atoms with E-state index in [2.05, 4.69) is 21.9 Å². The summed E-state index contributed by atoms with van der Waals surface area (Å²) in [5.41, 5.74) is 6.63. The molecule has 0 aliphatic heterocycles. The number of nitrogens with zero attached hydrogens (tertiary/aromatic N) is 4. The van der Waals surface area contributed by atoms with Crippen molar-refractivity contribution in [2.24, 2.45) is 5.73 Å². The first kappa shape index (κ1) is 11.9. The van der Waals surface area contributed by atoms with Crippen molar-refractivity contribution in [2.75, 3.05) is 24.5 Å². The van der Waals surface area contributed by atoms with Gasteiger partial charge >= 0.3 is 0 Å². The zero-order valence-corrected chi connectivity index (χ0v) is 10.2. The summed E-state index contributed by atoms with van der Waals surface area (Å²) in [7, 11) is 0. The van der Waals surface area contributed by atoms with E-state index in [-0.39, 0.29) is 0 Å². The van der Waals surface area contributed by atoms with Gasteiger partial charge in [0.15, 0.2) is 5.82 Å². The number of anilines is 1. The zero-order valence-electron chi connectivity index (χ0n) is 10.2. The summed E-state index contributed by atoms with van der Waals surface area (Å²) >= 11 is 0. The SMILES string of the molecule is CCCN(CCCN)c1nccn2nccc12. The van der Waals surface area contributed by atoms with Crippen LogP contribution in [-0.2, 0) is 0 Å². The number of hydrogen-bond donors (Lipinski definition) is 1. The molecule has 2 heterocycles. The molecule has 17 heavy (non-hydrogen) atoms. The summed E-state index contributed by atoms with van der Waals surface area (Å²) in [6, 6.07) is 1.99. The summed E-state index contributed by atoms with van der Waals surface area (Å²) in [4.78, 5) is 6.76. The van der Waals surface area contributed by atoms with Crippen LogP contribution in [0.5, 0.6) is 0 Å². The molecular formula is C12H19N5. The van der Waals surface area contributed by atoms with Crippen molar-refractivity contribution >= 4 is 11.3 Å². The zero-order chi connectivity index (χ0) is 12.1. The average molecular weight is 233 g/mol. The lowest BCUT2D eigenvalue weighted by Crippen LogP contribution is -2.28. The van der Waals surface area contributed by atoms with Crippen LogP contribution in [0.4, 0.5) is 5.82 Å². The molecule has 0 fully saturated rings. The second-order valence-electron chi connectivity index (χ2n) is 4.04. The largest absolute Gasteiger partial charge is 0.355 e. The quantitative estimate of drug-likeness (QED) is 0.817. The maximum Gasteiger partial charge on any atom is 0.154 e. The Balaban J connectivity index is 2.30. The van der Waals surface area contributed by atoms with Crippen molar-refractivity contribution < 1.29 is 0 Å². The molecule has 0 bridgehead atoms. The number of aromatic nitrogens is 3. The Labute approximate surface area is 101 Å². The Hall–Kier alpha value is -1.62. The smallest absolute Gasteiger partial charge is 0.154 e. The topological polar surface area (TPSA) is 59.5 Å². The van der Waals surface area contributed by atoms with Crippen LogP contribution in [0.3, 0.4) is 0 Å². The number of fused-ring (bicyclic) bond motifs is 1. The van der Waals surface area contributed by atoms with Gasteiger partial charge in [0, 0.05) is 25.5 Å². The van der Waals surface area contributed by atoms with Gasteiger partial charge in [-0.3, -0.25) is 0 Å². The van der Waals surface area contributed by atoms with E-state index in [4.69, 9.17) is 5.73 Å². The van der Waals surface area contributed by atoms with Crippen molar-refractivity contribution in [3.05, 3.63) is 24.7 Å². The minimum atomic E-state index is 0.711. The summed E-state index contributed by atoms with van der Waals surface area (Å²) in [6.45, 7) is 4.83. The summed E-state index contributed by atoms with van der Waals surface area (Å²) in [5.74, 6) is 1.00. The molecule has 0 unspecified atom stereocenters. The van der Waals surface area contributed by atoms with E-state index in [0.717, 1.165) is 37.3 Å². The summed E-state index contributed by atoms with van der Waals surface area (Å²) in [5, 5.41) is 4.23. The molecule has 0 amide bonds. The standard InChI is InChI=1S/C12H19N5/c1-2-8-16(9-3-5-13)12-11-4-6-15-17(11)10-7-14-12/h4,6-7,10H,2-3,5,8-9,13H2,1H3. The highest BCUT2D eigenvalue weighted by molar-refractivity contribution is 5.68. The Bertz CT molecular complexity index is 465. The van der Waals surface area contributed by atoms with E-state index in [0.29, 0.717) is 6.54 Å². The molecule has 2 aromatic heterocycles. The number of rotatable bonds is 6. The third kappa shape index (κ3) is 2.55. The van der Waals surface area contributed by atoms with Gasteiger partial charge in [-0.25, -0.2) is 9.50 Å². The lowest BCUT2D eigenvalue weighted by atomic mass is 10.3. The van der Waals surface area contributed by atoms with Crippen LogP contribution in [0.1, 0.15) is 19.8 Å². The van der Waals surface area contributed by atoms with Gasteiger partial charge < -0.3 is 10.6 Å². The monoisotopic (exact) mass is 233 g/mol. The fraction of sp³-hybridized carbons (Fsp3) is 0.500. The molecule has 0 aromatic carbocycles. The molecule has 0 atom stereocenters. The van der Waals surface area contributed by atoms with E-state index in [1.807, 2.05) is 16.8 Å². The maximum absolute atomic E-state index is 5.58. The molecule has 0 aliphatic rings. The summed E-state index contributed by atoms with van der Waals surface area (Å²) in [6.07, 6.45) is 7.54. The van der Waals surface area contributed by atoms with Gasteiger partial charge in [0.2, 0.25) is 0 Å². The molecule has 0 saturated heterocycles. The highest BCUT2D eigenvalue weighted by Crippen LogP contribution is 2.18. The Kier molecular flexibility index (Phi) is 3.93. The minimum absolute atomic E-state index is 0.711. The van der Waals surface area contributed by atoms with E-state index in [9.17, 15) is 0 Å². The lowest BCUT2D eigenvalue weighted by Gasteiger charge is -2.23.